The zero-order valence-corrected chi connectivity index (χ0v) is 13.7. The van der Waals surface area contributed by atoms with Gasteiger partial charge in [-0.25, -0.2) is 9.78 Å². The molecule has 0 amide bonds. The van der Waals surface area contributed by atoms with Crippen LogP contribution in [0, 0.1) is 0 Å². The molecular weight excluding hydrogens is 350 g/mol. The SMILES string of the molecule is COC(=O)c1nc(Br)ccc1OCCCOc1ccccc1. The minimum Gasteiger partial charge on any atom is -0.493 e. The van der Waals surface area contributed by atoms with E-state index >= 15 is 0 Å². The van der Waals surface area contributed by atoms with Crippen molar-refractivity contribution in [2.24, 2.45) is 0 Å². The van der Waals surface area contributed by atoms with Gasteiger partial charge >= 0.3 is 5.97 Å². The van der Waals surface area contributed by atoms with Gasteiger partial charge in [0.15, 0.2) is 11.4 Å². The Hall–Kier alpha value is -2.08. The molecule has 0 saturated heterocycles. The summed E-state index contributed by atoms with van der Waals surface area (Å²) in [4.78, 5) is 15.7. The Labute approximate surface area is 137 Å². The molecule has 2 aromatic rings. The van der Waals surface area contributed by atoms with Crippen LogP contribution >= 0.6 is 15.9 Å². The molecule has 6 heteroatoms. The molecule has 1 aromatic carbocycles. The van der Waals surface area contributed by atoms with Crippen LogP contribution in [0.25, 0.3) is 0 Å². The number of ether oxygens (including phenoxy) is 3. The molecule has 0 bridgehead atoms. The number of rotatable bonds is 7. The van der Waals surface area contributed by atoms with Gasteiger partial charge in [-0.05, 0) is 40.2 Å². The molecule has 0 N–H and O–H groups in total. The van der Waals surface area contributed by atoms with Crippen LogP contribution in [0.5, 0.6) is 11.5 Å². The zero-order valence-electron chi connectivity index (χ0n) is 12.1. The first-order valence-electron chi connectivity index (χ1n) is 6.76. The number of nitrogens with zero attached hydrogens (tertiary/aromatic N) is 1. The number of pyridine rings is 1. The molecule has 1 heterocycles. The molecule has 0 aliphatic heterocycles. The maximum absolute atomic E-state index is 11.7. The Morgan fingerprint density at radius 2 is 1.82 bits per heavy atom. The lowest BCUT2D eigenvalue weighted by molar-refractivity contribution is 0.0588. The fourth-order valence-corrected chi connectivity index (χ4v) is 2.04. The summed E-state index contributed by atoms with van der Waals surface area (Å²) in [5.41, 5.74) is 0.154. The third-order valence-electron chi connectivity index (χ3n) is 2.76. The van der Waals surface area contributed by atoms with E-state index in [2.05, 4.69) is 20.9 Å². The van der Waals surface area contributed by atoms with Gasteiger partial charge in [0.2, 0.25) is 0 Å². The monoisotopic (exact) mass is 365 g/mol. The van der Waals surface area contributed by atoms with E-state index in [1.54, 1.807) is 12.1 Å². The van der Waals surface area contributed by atoms with Gasteiger partial charge in [0.05, 0.1) is 20.3 Å². The van der Waals surface area contributed by atoms with Gasteiger partial charge in [-0.2, -0.15) is 0 Å². The Morgan fingerprint density at radius 1 is 1.09 bits per heavy atom. The van der Waals surface area contributed by atoms with Crippen molar-refractivity contribution in [2.75, 3.05) is 20.3 Å². The molecule has 0 saturated carbocycles. The molecule has 2 rings (SSSR count). The molecule has 5 nitrogen and oxygen atoms in total. The number of methoxy groups -OCH3 is 1. The minimum atomic E-state index is -0.531. The Balaban J connectivity index is 1.83. The van der Waals surface area contributed by atoms with Crippen LogP contribution in [0.15, 0.2) is 47.1 Å². The van der Waals surface area contributed by atoms with Crippen LogP contribution in [-0.2, 0) is 4.74 Å². The highest BCUT2D eigenvalue weighted by Crippen LogP contribution is 2.20. The van der Waals surface area contributed by atoms with E-state index in [0.717, 1.165) is 5.75 Å². The molecule has 0 radical (unpaired) electrons. The van der Waals surface area contributed by atoms with Gasteiger partial charge in [-0.3, -0.25) is 0 Å². The van der Waals surface area contributed by atoms with Crippen molar-refractivity contribution in [3.8, 4) is 11.5 Å². The number of para-hydroxylation sites is 1. The van der Waals surface area contributed by atoms with Crippen molar-refractivity contribution in [1.29, 1.82) is 0 Å². The van der Waals surface area contributed by atoms with Crippen LogP contribution in [0.4, 0.5) is 0 Å². The molecule has 116 valence electrons. The number of halogens is 1. The molecule has 0 fully saturated rings. The fraction of sp³-hybridized carbons (Fsp3) is 0.250. The zero-order chi connectivity index (χ0) is 15.8. The predicted octanol–water partition coefficient (Wildman–Crippen LogP) is 3.48. The average Bonchev–Trinajstić information content (AvgIpc) is 2.56. The van der Waals surface area contributed by atoms with Crippen LogP contribution in [0.3, 0.4) is 0 Å². The summed E-state index contributed by atoms with van der Waals surface area (Å²) < 4.78 is 16.4. The summed E-state index contributed by atoms with van der Waals surface area (Å²) in [5, 5.41) is 0. The molecular formula is C16H16BrNO4. The van der Waals surface area contributed by atoms with Gasteiger partial charge in [0.1, 0.15) is 10.4 Å². The molecule has 22 heavy (non-hydrogen) atoms. The smallest absolute Gasteiger partial charge is 0.360 e. The molecule has 0 aliphatic rings. The van der Waals surface area contributed by atoms with Crippen molar-refractivity contribution < 1.29 is 19.0 Å². The van der Waals surface area contributed by atoms with Crippen LogP contribution < -0.4 is 9.47 Å². The third kappa shape index (κ3) is 4.73. The van der Waals surface area contributed by atoms with E-state index < -0.39 is 5.97 Å². The average molecular weight is 366 g/mol. The van der Waals surface area contributed by atoms with Gasteiger partial charge in [0.25, 0.3) is 0 Å². The topological polar surface area (TPSA) is 57.7 Å². The highest BCUT2D eigenvalue weighted by Gasteiger charge is 2.15. The second kappa shape index (κ2) is 8.38. The number of hydrogen-bond donors (Lipinski definition) is 0. The first kappa shape index (κ1) is 16.3. The summed E-state index contributed by atoms with van der Waals surface area (Å²) in [6.07, 6.45) is 0.686. The summed E-state index contributed by atoms with van der Waals surface area (Å²) in [7, 11) is 1.31. The van der Waals surface area contributed by atoms with E-state index in [-0.39, 0.29) is 5.69 Å². The summed E-state index contributed by atoms with van der Waals surface area (Å²) in [6, 6.07) is 13.0. The Kier molecular flexibility index (Phi) is 6.21. The van der Waals surface area contributed by atoms with Crippen molar-refractivity contribution in [3.63, 3.8) is 0 Å². The first-order chi connectivity index (χ1) is 10.7. The number of carbonyl (C=O) groups excluding carboxylic acids is 1. The van der Waals surface area contributed by atoms with Crippen molar-refractivity contribution >= 4 is 21.9 Å². The largest absolute Gasteiger partial charge is 0.493 e. The standard InChI is InChI=1S/C16H16BrNO4/c1-20-16(19)15-13(8-9-14(17)18-15)22-11-5-10-21-12-6-3-2-4-7-12/h2-4,6-9H,5,10-11H2,1H3. The van der Waals surface area contributed by atoms with Gasteiger partial charge in [0, 0.05) is 6.42 Å². The Morgan fingerprint density at radius 3 is 2.55 bits per heavy atom. The van der Waals surface area contributed by atoms with Crippen LogP contribution in [0.2, 0.25) is 0 Å². The maximum Gasteiger partial charge on any atom is 0.360 e. The number of aromatic nitrogens is 1. The number of carbonyl (C=O) groups is 1. The van der Waals surface area contributed by atoms with Crippen LogP contribution in [-0.4, -0.2) is 31.3 Å². The number of hydrogen-bond acceptors (Lipinski definition) is 5. The Bertz CT molecular complexity index is 619. The van der Waals surface area contributed by atoms with Crippen molar-refractivity contribution in [1.82, 2.24) is 4.98 Å². The van der Waals surface area contributed by atoms with E-state index in [0.29, 0.717) is 30.0 Å². The van der Waals surface area contributed by atoms with E-state index in [9.17, 15) is 4.79 Å². The summed E-state index contributed by atoms with van der Waals surface area (Å²) in [5.74, 6) is 0.689. The summed E-state index contributed by atoms with van der Waals surface area (Å²) >= 11 is 3.22. The quantitative estimate of drug-likeness (QED) is 0.427. The van der Waals surface area contributed by atoms with Gasteiger partial charge < -0.3 is 14.2 Å². The molecule has 0 spiro atoms. The fourth-order valence-electron chi connectivity index (χ4n) is 1.73. The minimum absolute atomic E-state index is 0.154. The number of benzene rings is 1. The lowest BCUT2D eigenvalue weighted by atomic mass is 10.3. The van der Waals surface area contributed by atoms with Crippen molar-refractivity contribution in [3.05, 3.63) is 52.8 Å². The van der Waals surface area contributed by atoms with Crippen LogP contribution in [0.1, 0.15) is 16.9 Å². The van der Waals surface area contributed by atoms with E-state index in [1.165, 1.54) is 7.11 Å². The normalized spacial score (nSPS) is 10.1. The van der Waals surface area contributed by atoms with Gasteiger partial charge in [-0.1, -0.05) is 18.2 Å². The van der Waals surface area contributed by atoms with Gasteiger partial charge in [-0.15, -0.1) is 0 Å². The molecule has 0 atom stereocenters. The first-order valence-corrected chi connectivity index (χ1v) is 7.55. The summed E-state index contributed by atoms with van der Waals surface area (Å²) in [6.45, 7) is 0.946. The second-order valence-corrected chi connectivity index (χ2v) is 5.15. The number of esters is 1. The molecule has 1 aromatic heterocycles. The lowest BCUT2D eigenvalue weighted by Gasteiger charge is -2.10. The lowest BCUT2D eigenvalue weighted by Crippen LogP contribution is -2.10. The highest BCUT2D eigenvalue weighted by molar-refractivity contribution is 9.10. The maximum atomic E-state index is 11.7. The third-order valence-corrected chi connectivity index (χ3v) is 3.20. The molecule has 0 unspecified atom stereocenters. The highest BCUT2D eigenvalue weighted by atomic mass is 79.9. The van der Waals surface area contributed by atoms with E-state index in [1.807, 2.05) is 30.3 Å². The van der Waals surface area contributed by atoms with Crippen molar-refractivity contribution in [2.45, 2.75) is 6.42 Å². The van der Waals surface area contributed by atoms with E-state index in [4.69, 9.17) is 14.2 Å². The predicted molar refractivity (Wildman–Crippen MR) is 85.3 cm³/mol. The molecule has 0 aliphatic carbocycles. The second-order valence-electron chi connectivity index (χ2n) is 4.34.